The normalized spacial score (nSPS) is 15.1. The van der Waals surface area contributed by atoms with Crippen molar-refractivity contribution in [2.75, 3.05) is 7.05 Å². The average molecular weight is 466 g/mol. The zero-order valence-electron chi connectivity index (χ0n) is 17.3. The number of rotatable bonds is 5. The van der Waals surface area contributed by atoms with Gasteiger partial charge >= 0.3 is 5.97 Å². The first-order valence-electron chi connectivity index (χ1n) is 9.71. The Balaban J connectivity index is 1.81. The van der Waals surface area contributed by atoms with Crippen molar-refractivity contribution in [2.45, 2.75) is 11.4 Å². The van der Waals surface area contributed by atoms with E-state index in [1.54, 1.807) is 24.3 Å². The standard InChI is InChI=1S/C23H18N2O7S/c1-24-21(22(29)16-7-3-5-9-19(16)33(24,31)32)18(26)11-10-15-12-14-6-2-4-8-17(14)25(23(15)30)13-20(27)28/h2-12,29H,13H2,1H3,(H,27,28)/b11-10+. The number of benzene rings is 2. The van der Waals surface area contributed by atoms with Crippen LogP contribution in [0.5, 0.6) is 0 Å². The van der Waals surface area contributed by atoms with E-state index in [1.165, 1.54) is 36.4 Å². The van der Waals surface area contributed by atoms with Crippen LogP contribution >= 0.6 is 0 Å². The summed E-state index contributed by atoms with van der Waals surface area (Å²) in [6.45, 7) is -0.571. The molecule has 33 heavy (non-hydrogen) atoms. The van der Waals surface area contributed by atoms with Crippen molar-refractivity contribution in [2.24, 2.45) is 0 Å². The molecule has 3 aromatic rings. The number of carboxylic acid groups (broad SMARTS) is 1. The quantitative estimate of drug-likeness (QED) is 0.551. The van der Waals surface area contributed by atoms with Gasteiger partial charge in [0.15, 0.2) is 5.76 Å². The van der Waals surface area contributed by atoms with Gasteiger partial charge in [0.2, 0.25) is 5.78 Å². The molecule has 0 amide bonds. The summed E-state index contributed by atoms with van der Waals surface area (Å²) in [4.78, 5) is 36.9. The summed E-state index contributed by atoms with van der Waals surface area (Å²) >= 11 is 0. The molecule has 2 heterocycles. The van der Waals surface area contributed by atoms with Crippen LogP contribution in [-0.2, 0) is 26.2 Å². The third kappa shape index (κ3) is 3.70. The van der Waals surface area contributed by atoms with Crippen LogP contribution in [0.15, 0.2) is 76.1 Å². The summed E-state index contributed by atoms with van der Waals surface area (Å²) in [6, 6.07) is 14.0. The van der Waals surface area contributed by atoms with Crippen LogP contribution in [0.3, 0.4) is 0 Å². The Morgan fingerprint density at radius 1 is 1.06 bits per heavy atom. The molecule has 0 unspecified atom stereocenters. The topological polar surface area (TPSA) is 134 Å². The van der Waals surface area contributed by atoms with Gasteiger partial charge in [-0.2, -0.15) is 0 Å². The molecule has 0 radical (unpaired) electrons. The Bertz CT molecular complexity index is 1550. The van der Waals surface area contributed by atoms with Gasteiger partial charge in [0.25, 0.3) is 15.6 Å². The number of carbonyl (C=O) groups excluding carboxylic acids is 1. The minimum Gasteiger partial charge on any atom is -0.505 e. The molecule has 0 saturated carbocycles. The fraction of sp³-hybridized carbons (Fsp3) is 0.0870. The molecule has 4 rings (SSSR count). The lowest BCUT2D eigenvalue weighted by atomic mass is 10.1. The molecule has 2 aromatic carbocycles. The Kier molecular flexibility index (Phi) is 5.38. The van der Waals surface area contributed by atoms with Crippen molar-refractivity contribution >= 4 is 44.5 Å². The van der Waals surface area contributed by atoms with Crippen molar-refractivity contribution in [1.82, 2.24) is 8.87 Å². The highest BCUT2D eigenvalue weighted by molar-refractivity contribution is 7.89. The molecule has 1 aromatic heterocycles. The van der Waals surface area contributed by atoms with Gasteiger partial charge in [0, 0.05) is 18.2 Å². The molecule has 2 N–H and O–H groups in total. The molecule has 1 aliphatic rings. The number of likely N-dealkylation sites (N-methyl/N-ethyl adjacent to an activating group) is 1. The molecular weight excluding hydrogens is 448 g/mol. The predicted octanol–water partition coefficient (Wildman–Crippen LogP) is 2.23. The molecule has 0 atom stereocenters. The Hall–Kier alpha value is -4.18. The summed E-state index contributed by atoms with van der Waals surface area (Å²) in [5, 5.41) is 20.4. The van der Waals surface area contributed by atoms with E-state index in [-0.39, 0.29) is 16.0 Å². The lowest BCUT2D eigenvalue weighted by molar-refractivity contribution is -0.137. The van der Waals surface area contributed by atoms with Crippen molar-refractivity contribution in [3.63, 3.8) is 0 Å². The molecule has 10 heteroatoms. The lowest BCUT2D eigenvalue weighted by Crippen LogP contribution is -2.34. The van der Waals surface area contributed by atoms with E-state index >= 15 is 0 Å². The van der Waals surface area contributed by atoms with Crippen LogP contribution in [-0.4, -0.2) is 46.3 Å². The molecule has 168 valence electrons. The van der Waals surface area contributed by atoms with Gasteiger partial charge in [-0.05, 0) is 41.8 Å². The number of fused-ring (bicyclic) bond motifs is 2. The summed E-state index contributed by atoms with van der Waals surface area (Å²) in [7, 11) is -2.91. The zero-order chi connectivity index (χ0) is 23.9. The Morgan fingerprint density at radius 2 is 1.73 bits per heavy atom. The number of sulfonamides is 1. The second kappa shape index (κ2) is 8.06. The van der Waals surface area contributed by atoms with E-state index in [1.807, 2.05) is 0 Å². The molecular formula is C23H18N2O7S. The molecule has 9 nitrogen and oxygen atoms in total. The van der Waals surface area contributed by atoms with E-state index in [4.69, 9.17) is 0 Å². The lowest BCUT2D eigenvalue weighted by Gasteiger charge is -2.27. The molecule has 0 bridgehead atoms. The number of aromatic nitrogens is 1. The van der Waals surface area contributed by atoms with Crippen molar-refractivity contribution < 1.29 is 28.2 Å². The number of hydrogen-bond donors (Lipinski definition) is 2. The highest BCUT2D eigenvalue weighted by atomic mass is 32.2. The SMILES string of the molecule is CN1C(C(=O)/C=C/c2cc3ccccc3n(CC(=O)O)c2=O)=C(O)c2ccccc2S1(=O)=O. The van der Waals surface area contributed by atoms with Crippen LogP contribution in [0, 0.1) is 0 Å². The van der Waals surface area contributed by atoms with Gasteiger partial charge in [0.1, 0.15) is 12.2 Å². The number of nitrogens with zero attached hydrogens (tertiary/aromatic N) is 2. The summed E-state index contributed by atoms with van der Waals surface area (Å²) < 4.78 is 27.3. The monoisotopic (exact) mass is 466 g/mol. The number of pyridine rings is 1. The largest absolute Gasteiger partial charge is 0.505 e. The smallest absolute Gasteiger partial charge is 0.323 e. The van der Waals surface area contributed by atoms with Gasteiger partial charge < -0.3 is 10.2 Å². The van der Waals surface area contributed by atoms with Gasteiger partial charge in [0.05, 0.1) is 10.4 Å². The fourth-order valence-electron chi connectivity index (χ4n) is 3.71. The van der Waals surface area contributed by atoms with E-state index in [0.29, 0.717) is 15.2 Å². The average Bonchev–Trinajstić information content (AvgIpc) is 2.78. The van der Waals surface area contributed by atoms with Gasteiger partial charge in [-0.3, -0.25) is 23.3 Å². The van der Waals surface area contributed by atoms with Gasteiger partial charge in [-0.25, -0.2) is 8.42 Å². The number of allylic oxidation sites excluding steroid dienone is 1. The van der Waals surface area contributed by atoms with Crippen LogP contribution in [0.25, 0.3) is 22.7 Å². The summed E-state index contributed by atoms with van der Waals surface area (Å²) in [6.07, 6.45) is 2.15. The minimum absolute atomic E-state index is 0.00173. The number of hydrogen-bond acceptors (Lipinski definition) is 6. The number of para-hydroxylation sites is 1. The van der Waals surface area contributed by atoms with E-state index < -0.39 is 45.3 Å². The summed E-state index contributed by atoms with van der Waals surface area (Å²) in [5.74, 6) is -2.55. The first kappa shape index (κ1) is 22.0. The third-order valence-electron chi connectivity index (χ3n) is 5.29. The van der Waals surface area contributed by atoms with E-state index in [9.17, 15) is 33.0 Å². The number of ketones is 1. The molecule has 0 fully saturated rings. The van der Waals surface area contributed by atoms with Crippen LogP contribution in [0.4, 0.5) is 0 Å². The fourth-order valence-corrected chi connectivity index (χ4v) is 5.11. The zero-order valence-corrected chi connectivity index (χ0v) is 18.1. The maximum absolute atomic E-state index is 12.9. The number of aliphatic carboxylic acids is 1. The van der Waals surface area contributed by atoms with Crippen molar-refractivity contribution in [3.05, 3.63) is 87.9 Å². The third-order valence-corrected chi connectivity index (χ3v) is 7.11. The van der Waals surface area contributed by atoms with Gasteiger partial charge in [-0.15, -0.1) is 0 Å². The number of carbonyl (C=O) groups is 2. The van der Waals surface area contributed by atoms with Crippen LogP contribution in [0.1, 0.15) is 11.1 Å². The molecule has 0 aliphatic carbocycles. The molecule has 0 spiro atoms. The summed E-state index contributed by atoms with van der Waals surface area (Å²) in [5.41, 5.74) is -0.639. The first-order chi connectivity index (χ1) is 15.6. The number of aliphatic hydroxyl groups is 1. The van der Waals surface area contributed by atoms with Crippen molar-refractivity contribution in [3.8, 4) is 0 Å². The second-order valence-electron chi connectivity index (χ2n) is 7.31. The Morgan fingerprint density at radius 3 is 2.45 bits per heavy atom. The van der Waals surface area contributed by atoms with Crippen LogP contribution in [0.2, 0.25) is 0 Å². The van der Waals surface area contributed by atoms with Gasteiger partial charge in [-0.1, -0.05) is 30.3 Å². The van der Waals surface area contributed by atoms with E-state index in [2.05, 4.69) is 0 Å². The maximum Gasteiger partial charge on any atom is 0.323 e. The minimum atomic E-state index is -4.06. The van der Waals surface area contributed by atoms with Crippen LogP contribution < -0.4 is 5.56 Å². The molecule has 0 saturated heterocycles. The first-order valence-corrected chi connectivity index (χ1v) is 11.2. The predicted molar refractivity (Wildman–Crippen MR) is 121 cm³/mol. The maximum atomic E-state index is 12.9. The highest BCUT2D eigenvalue weighted by Gasteiger charge is 2.36. The Labute approximate surface area is 188 Å². The second-order valence-corrected chi connectivity index (χ2v) is 9.24. The highest BCUT2D eigenvalue weighted by Crippen LogP contribution is 2.34. The number of aliphatic hydroxyl groups excluding tert-OH is 1. The number of carboxylic acids is 1. The van der Waals surface area contributed by atoms with Crippen molar-refractivity contribution in [1.29, 1.82) is 0 Å². The molecule has 1 aliphatic heterocycles. The van der Waals surface area contributed by atoms with E-state index in [0.717, 1.165) is 17.7 Å².